The number of hydrogen-bond donors (Lipinski definition) is 2. The molecule has 1 aliphatic heterocycles. The second kappa shape index (κ2) is 8.21. The number of carbonyl (C=O) groups excluding carboxylic acids is 1. The largest absolute Gasteiger partial charge is 0.508 e. The summed E-state index contributed by atoms with van der Waals surface area (Å²) in [4.78, 5) is 35.4. The number of Topliss-reactive ketones (excluding diaryl/α,β-unsaturated/α-hetero) is 1. The van der Waals surface area contributed by atoms with Gasteiger partial charge in [-0.15, -0.1) is 0 Å². The molecule has 30 heavy (non-hydrogen) atoms. The lowest BCUT2D eigenvalue weighted by atomic mass is 9.89. The molecule has 0 fully saturated rings. The topological polar surface area (TPSA) is 105 Å². The van der Waals surface area contributed by atoms with Gasteiger partial charge in [-0.1, -0.05) is 20.9 Å². The van der Waals surface area contributed by atoms with Crippen molar-refractivity contribution in [1.29, 1.82) is 0 Å². The maximum Gasteiger partial charge on any atom is 0.335 e. The van der Waals surface area contributed by atoms with Crippen LogP contribution in [0.4, 0.5) is 0 Å². The molecule has 0 saturated heterocycles. The van der Waals surface area contributed by atoms with Crippen molar-refractivity contribution in [2.75, 3.05) is 0 Å². The van der Waals surface area contributed by atoms with Gasteiger partial charge < -0.3 is 14.6 Å². The van der Waals surface area contributed by atoms with E-state index in [2.05, 4.69) is 0 Å². The molecule has 0 saturated carbocycles. The van der Waals surface area contributed by atoms with E-state index in [1.54, 1.807) is 18.2 Å². The van der Waals surface area contributed by atoms with Gasteiger partial charge in [-0.2, -0.15) is 0 Å². The van der Waals surface area contributed by atoms with E-state index in [4.69, 9.17) is 4.42 Å². The van der Waals surface area contributed by atoms with Gasteiger partial charge in [0.1, 0.15) is 17.1 Å². The highest BCUT2D eigenvalue weighted by Crippen LogP contribution is 2.42. The number of carbonyl (C=O) groups is 2. The highest BCUT2D eigenvalue weighted by Gasteiger charge is 2.22. The minimum atomic E-state index is -1.13. The zero-order valence-corrected chi connectivity index (χ0v) is 14.7. The summed E-state index contributed by atoms with van der Waals surface area (Å²) in [6.45, 7) is 1.36. The second-order valence-electron chi connectivity index (χ2n) is 6.44. The van der Waals surface area contributed by atoms with Crippen LogP contribution in [0.25, 0.3) is 33.4 Å². The molecule has 0 unspecified atom stereocenters. The molecule has 0 radical (unpaired) electrons. The maximum atomic E-state index is 12.3. The van der Waals surface area contributed by atoms with Crippen LogP contribution in [0.1, 0.15) is 42.5 Å². The smallest absolute Gasteiger partial charge is 0.335 e. The van der Waals surface area contributed by atoms with E-state index in [1.165, 1.54) is 43.3 Å². The minimum absolute atomic E-state index is 0. The van der Waals surface area contributed by atoms with Gasteiger partial charge in [-0.25, -0.2) is 4.79 Å². The zero-order chi connectivity index (χ0) is 20.0. The summed E-state index contributed by atoms with van der Waals surface area (Å²) >= 11 is 0. The van der Waals surface area contributed by atoms with Crippen molar-refractivity contribution in [3.8, 4) is 28.2 Å². The number of aromatic hydroxyl groups is 1. The molecule has 2 N–H and O–H groups in total. The average Bonchev–Trinajstić information content (AvgIpc) is 2.65. The zero-order valence-electron chi connectivity index (χ0n) is 14.7. The van der Waals surface area contributed by atoms with Crippen molar-refractivity contribution in [3.05, 3.63) is 75.9 Å². The van der Waals surface area contributed by atoms with Gasteiger partial charge in [-0.3, -0.25) is 9.59 Å². The van der Waals surface area contributed by atoms with Crippen molar-refractivity contribution in [2.24, 2.45) is 0 Å². The number of rotatable bonds is 3. The average molecular weight is 406 g/mol. The molecule has 6 nitrogen and oxygen atoms in total. The van der Waals surface area contributed by atoms with E-state index in [-0.39, 0.29) is 42.9 Å². The summed E-state index contributed by atoms with van der Waals surface area (Å²) in [5.74, 6) is -1.13. The number of carboxylic acid groups (broad SMARTS) is 1. The molecule has 2 aliphatic rings. The van der Waals surface area contributed by atoms with Gasteiger partial charge in [-0.05, 0) is 48.9 Å². The molecular weight excluding hydrogens is 384 g/mol. The number of hydrogen-bond acceptors (Lipinski definition) is 5. The Balaban J connectivity index is 0.00000160. The summed E-state index contributed by atoms with van der Waals surface area (Å²) < 4.78 is 5.79. The molecule has 4 rings (SSSR count). The van der Waals surface area contributed by atoms with Crippen molar-refractivity contribution < 1.29 is 24.2 Å². The highest BCUT2D eigenvalue weighted by molar-refractivity contribution is 6.10. The Kier molecular flexibility index (Phi) is 6.12. The van der Waals surface area contributed by atoms with Crippen LogP contribution in [0.2, 0.25) is 0 Å². The number of fused-ring (bicyclic) bond motifs is 2. The van der Waals surface area contributed by atoms with Gasteiger partial charge in [0.25, 0.3) is 0 Å². The third-order valence-electron chi connectivity index (χ3n) is 4.59. The molecule has 2 aromatic carbocycles. The normalized spacial score (nSPS) is 10.3. The molecule has 2 aromatic rings. The first-order valence-corrected chi connectivity index (χ1v) is 8.43. The minimum Gasteiger partial charge on any atom is -0.508 e. The number of carboxylic acids is 1. The Morgan fingerprint density at radius 1 is 0.900 bits per heavy atom. The molecule has 6 heteroatoms. The van der Waals surface area contributed by atoms with Gasteiger partial charge in [0.05, 0.1) is 5.56 Å². The van der Waals surface area contributed by atoms with E-state index in [9.17, 15) is 24.6 Å². The standard InChI is InChI=1S/C22H14O6.2CH4/c1-11(23)18-8-12(22(26)27)2-5-15(18)21-16-6-3-13(24)9-19(16)28-20-10-14(25)4-7-17(20)21;;/h2-10,24H,1H3,(H,26,27);2*1H4. The summed E-state index contributed by atoms with van der Waals surface area (Å²) in [5.41, 5.74) is 2.09. The van der Waals surface area contributed by atoms with Crippen LogP contribution in [-0.4, -0.2) is 22.0 Å². The fourth-order valence-electron chi connectivity index (χ4n) is 3.34. The number of phenolic OH excluding ortho intramolecular Hbond substituents is 1. The number of ketones is 1. The molecule has 154 valence electrons. The fraction of sp³-hybridized carbons (Fsp3) is 0.125. The van der Waals surface area contributed by atoms with Crippen LogP contribution in [-0.2, 0) is 0 Å². The van der Waals surface area contributed by atoms with Gasteiger partial charge in [0, 0.05) is 34.2 Å². The van der Waals surface area contributed by atoms with Gasteiger partial charge in [0.15, 0.2) is 11.2 Å². The quantitative estimate of drug-likeness (QED) is 0.347. The van der Waals surface area contributed by atoms with Crippen LogP contribution in [0.5, 0.6) is 5.75 Å². The predicted octanol–water partition coefficient (Wildman–Crippen LogP) is 5.44. The third kappa shape index (κ3) is 3.67. The molecular formula is C24H22O6. The lowest BCUT2D eigenvalue weighted by molar-refractivity contribution is 0.0697. The highest BCUT2D eigenvalue weighted by atomic mass is 16.4. The van der Waals surface area contributed by atoms with E-state index in [0.717, 1.165) is 0 Å². The third-order valence-corrected chi connectivity index (χ3v) is 4.59. The summed E-state index contributed by atoms with van der Waals surface area (Å²) in [5, 5.41) is 19.7. The van der Waals surface area contributed by atoms with Crippen molar-refractivity contribution in [2.45, 2.75) is 21.8 Å². The van der Waals surface area contributed by atoms with Crippen LogP contribution in [0.15, 0.2) is 63.8 Å². The first-order chi connectivity index (χ1) is 13.3. The maximum absolute atomic E-state index is 12.3. The Morgan fingerprint density at radius 2 is 1.60 bits per heavy atom. The lowest BCUT2D eigenvalue weighted by Crippen LogP contribution is -2.04. The van der Waals surface area contributed by atoms with Crippen molar-refractivity contribution in [3.63, 3.8) is 0 Å². The first kappa shape index (κ1) is 22.4. The van der Waals surface area contributed by atoms with Crippen molar-refractivity contribution in [1.82, 2.24) is 0 Å². The van der Waals surface area contributed by atoms with E-state index in [1.807, 2.05) is 0 Å². The first-order valence-electron chi connectivity index (χ1n) is 8.43. The Labute approximate surface area is 173 Å². The van der Waals surface area contributed by atoms with Crippen LogP contribution >= 0.6 is 0 Å². The monoisotopic (exact) mass is 406 g/mol. The van der Waals surface area contributed by atoms with Crippen LogP contribution < -0.4 is 5.43 Å². The molecule has 0 spiro atoms. The summed E-state index contributed by atoms with van der Waals surface area (Å²) in [7, 11) is 0. The molecule has 0 amide bonds. The van der Waals surface area contributed by atoms with E-state index in [0.29, 0.717) is 33.4 Å². The molecule has 1 heterocycles. The van der Waals surface area contributed by atoms with Gasteiger partial charge >= 0.3 is 5.97 Å². The van der Waals surface area contributed by atoms with Crippen molar-refractivity contribution >= 4 is 22.7 Å². The molecule has 0 bridgehead atoms. The Bertz CT molecular complexity index is 1300. The SMILES string of the molecule is C.C.CC(=O)c1cc(C(=O)O)ccc1-c1c2ccc(=O)cc-2oc2cc(O)ccc12. The number of benzene rings is 3. The summed E-state index contributed by atoms with van der Waals surface area (Å²) in [6, 6.07) is 13.3. The second-order valence-corrected chi connectivity index (χ2v) is 6.44. The number of aromatic carboxylic acids is 1. The molecule has 0 atom stereocenters. The molecule has 0 aromatic heterocycles. The Morgan fingerprint density at radius 3 is 2.27 bits per heavy atom. The lowest BCUT2D eigenvalue weighted by Gasteiger charge is -2.17. The van der Waals surface area contributed by atoms with E-state index >= 15 is 0 Å². The Hall–Kier alpha value is -3.93. The number of phenols is 1. The van der Waals surface area contributed by atoms with E-state index < -0.39 is 5.97 Å². The summed E-state index contributed by atoms with van der Waals surface area (Å²) in [6.07, 6.45) is 0. The van der Waals surface area contributed by atoms with Crippen LogP contribution in [0, 0.1) is 0 Å². The fourth-order valence-corrected chi connectivity index (χ4v) is 3.34. The predicted molar refractivity (Wildman–Crippen MR) is 117 cm³/mol. The molecule has 1 aliphatic carbocycles. The van der Waals surface area contributed by atoms with Crippen LogP contribution in [0.3, 0.4) is 0 Å². The van der Waals surface area contributed by atoms with Gasteiger partial charge in [0.2, 0.25) is 0 Å².